The molecule has 1 aromatic carbocycles. The van der Waals surface area contributed by atoms with E-state index < -0.39 is 5.60 Å². The first kappa shape index (κ1) is 18.0. The van der Waals surface area contributed by atoms with Gasteiger partial charge in [0.25, 0.3) is 0 Å². The molecule has 0 bridgehead atoms. The molecular weight excluding hydrogens is 304 g/mol. The molecule has 0 fully saturated rings. The van der Waals surface area contributed by atoms with Crippen LogP contribution in [0, 0.1) is 0 Å². The van der Waals surface area contributed by atoms with Crippen LogP contribution in [-0.2, 0) is 0 Å². The number of nitrogens with zero attached hydrogens (tertiary/aromatic N) is 2. The summed E-state index contributed by atoms with van der Waals surface area (Å²) in [6.45, 7) is 5.98. The topological polar surface area (TPSA) is 79.2 Å². The van der Waals surface area contributed by atoms with Gasteiger partial charge in [0.2, 0.25) is 0 Å². The number of urea groups is 1. The number of amides is 2. The van der Waals surface area contributed by atoms with Gasteiger partial charge in [-0.05, 0) is 37.5 Å². The molecule has 1 heterocycles. The number of carbonyl (C=O) groups excluding carboxylic acids is 1. The smallest absolute Gasteiger partial charge is 0.315 e. The number of aromatic nitrogens is 2. The lowest BCUT2D eigenvalue weighted by molar-refractivity contribution is 0.0349. The molecule has 2 rings (SSSR count). The minimum absolute atomic E-state index is 0.193. The van der Waals surface area contributed by atoms with E-state index in [0.717, 1.165) is 11.3 Å². The number of aliphatic hydroxyl groups is 1. The van der Waals surface area contributed by atoms with Crippen molar-refractivity contribution in [3.63, 3.8) is 0 Å². The summed E-state index contributed by atoms with van der Waals surface area (Å²) in [5.41, 5.74) is 1.04. The zero-order chi connectivity index (χ0) is 17.6. The van der Waals surface area contributed by atoms with Crippen LogP contribution < -0.4 is 10.6 Å². The molecular formula is C18H26N4O2. The first-order valence-electron chi connectivity index (χ1n) is 8.34. The van der Waals surface area contributed by atoms with Gasteiger partial charge in [0.05, 0.1) is 17.3 Å². The maximum atomic E-state index is 12.1. The predicted molar refractivity (Wildman–Crippen MR) is 94.0 cm³/mol. The van der Waals surface area contributed by atoms with Crippen molar-refractivity contribution in [3.8, 4) is 5.69 Å². The largest absolute Gasteiger partial charge is 0.388 e. The molecule has 0 aliphatic carbocycles. The third kappa shape index (κ3) is 4.35. The fourth-order valence-corrected chi connectivity index (χ4v) is 2.54. The van der Waals surface area contributed by atoms with Crippen molar-refractivity contribution in [2.24, 2.45) is 0 Å². The quantitative estimate of drug-likeness (QED) is 0.730. The molecule has 0 aliphatic rings. The highest BCUT2D eigenvalue weighted by Crippen LogP contribution is 2.21. The first-order valence-corrected chi connectivity index (χ1v) is 8.34. The summed E-state index contributed by atoms with van der Waals surface area (Å²) in [4.78, 5) is 12.1. The third-order valence-electron chi connectivity index (χ3n) is 4.40. The van der Waals surface area contributed by atoms with Gasteiger partial charge in [0, 0.05) is 18.9 Å². The maximum Gasteiger partial charge on any atom is 0.315 e. The van der Waals surface area contributed by atoms with Crippen LogP contribution >= 0.6 is 0 Å². The van der Waals surface area contributed by atoms with Gasteiger partial charge in [-0.2, -0.15) is 5.10 Å². The normalized spacial score (nSPS) is 12.7. The van der Waals surface area contributed by atoms with E-state index in [-0.39, 0.29) is 18.6 Å². The van der Waals surface area contributed by atoms with Crippen molar-refractivity contribution < 1.29 is 9.90 Å². The summed E-state index contributed by atoms with van der Waals surface area (Å²) >= 11 is 0. The second-order valence-electron chi connectivity index (χ2n) is 5.99. The SMILES string of the molecule is CCC(O)(CC)CNC(=O)NC(C)c1ccccc1-n1cccn1. The molecule has 1 atom stereocenters. The standard InChI is InChI=1S/C18H26N4O2/c1-4-18(24,5-2)13-19-17(23)21-14(3)15-9-6-7-10-16(15)22-12-8-11-20-22/h6-12,14,24H,4-5,13H2,1-3H3,(H2,19,21,23). The second-order valence-corrected chi connectivity index (χ2v) is 5.99. The molecule has 0 spiro atoms. The van der Waals surface area contributed by atoms with E-state index in [1.54, 1.807) is 10.9 Å². The Morgan fingerprint density at radius 2 is 2.00 bits per heavy atom. The van der Waals surface area contributed by atoms with E-state index in [1.165, 1.54) is 0 Å². The average molecular weight is 330 g/mol. The number of benzene rings is 1. The van der Waals surface area contributed by atoms with Gasteiger partial charge in [-0.25, -0.2) is 9.48 Å². The lowest BCUT2D eigenvalue weighted by atomic mass is 9.98. The van der Waals surface area contributed by atoms with E-state index in [1.807, 2.05) is 57.3 Å². The Labute approximate surface area is 142 Å². The third-order valence-corrected chi connectivity index (χ3v) is 4.40. The Kier molecular flexibility index (Phi) is 5.98. The highest BCUT2D eigenvalue weighted by Gasteiger charge is 2.23. The zero-order valence-corrected chi connectivity index (χ0v) is 14.5. The van der Waals surface area contributed by atoms with Crippen LogP contribution in [0.1, 0.15) is 45.2 Å². The van der Waals surface area contributed by atoms with E-state index in [0.29, 0.717) is 12.8 Å². The summed E-state index contributed by atoms with van der Waals surface area (Å²) in [6.07, 6.45) is 4.79. The van der Waals surface area contributed by atoms with Crippen LogP contribution in [0.2, 0.25) is 0 Å². The lowest BCUT2D eigenvalue weighted by Gasteiger charge is -2.26. The highest BCUT2D eigenvalue weighted by atomic mass is 16.3. The van der Waals surface area contributed by atoms with Gasteiger partial charge in [0.15, 0.2) is 0 Å². The monoisotopic (exact) mass is 330 g/mol. The molecule has 3 N–H and O–H groups in total. The van der Waals surface area contributed by atoms with Gasteiger partial charge >= 0.3 is 6.03 Å². The summed E-state index contributed by atoms with van der Waals surface area (Å²) in [5.74, 6) is 0. The van der Waals surface area contributed by atoms with Gasteiger partial charge in [-0.15, -0.1) is 0 Å². The second kappa shape index (κ2) is 7.97. The lowest BCUT2D eigenvalue weighted by Crippen LogP contribution is -2.46. The number of hydrogen-bond acceptors (Lipinski definition) is 3. The molecule has 1 aromatic heterocycles. The fourth-order valence-electron chi connectivity index (χ4n) is 2.54. The van der Waals surface area contributed by atoms with Gasteiger partial charge in [-0.3, -0.25) is 0 Å². The summed E-state index contributed by atoms with van der Waals surface area (Å²) in [7, 11) is 0. The van der Waals surface area contributed by atoms with E-state index in [2.05, 4.69) is 15.7 Å². The Bertz CT molecular complexity index is 651. The number of nitrogens with one attached hydrogen (secondary N) is 2. The predicted octanol–water partition coefficient (Wildman–Crippen LogP) is 2.78. The molecule has 2 amide bonds. The van der Waals surface area contributed by atoms with Crippen molar-refractivity contribution in [1.82, 2.24) is 20.4 Å². The van der Waals surface area contributed by atoms with Gasteiger partial charge in [-0.1, -0.05) is 32.0 Å². The summed E-state index contributed by atoms with van der Waals surface area (Å²) in [6, 6.07) is 9.18. The molecule has 6 nitrogen and oxygen atoms in total. The van der Waals surface area contributed by atoms with Crippen LogP contribution in [0.4, 0.5) is 4.79 Å². The Morgan fingerprint density at radius 3 is 2.62 bits per heavy atom. The van der Waals surface area contributed by atoms with Gasteiger partial charge < -0.3 is 15.7 Å². The number of rotatable bonds is 7. The van der Waals surface area contributed by atoms with Crippen molar-refractivity contribution in [2.75, 3.05) is 6.54 Å². The Morgan fingerprint density at radius 1 is 1.29 bits per heavy atom. The Balaban J connectivity index is 2.03. The molecule has 130 valence electrons. The summed E-state index contributed by atoms with van der Waals surface area (Å²) < 4.78 is 1.78. The van der Waals surface area contributed by atoms with E-state index in [4.69, 9.17) is 0 Å². The molecule has 2 aromatic rings. The van der Waals surface area contributed by atoms with E-state index >= 15 is 0 Å². The molecule has 0 aliphatic heterocycles. The Hall–Kier alpha value is -2.34. The molecule has 6 heteroatoms. The van der Waals surface area contributed by atoms with Crippen LogP contribution in [0.3, 0.4) is 0 Å². The minimum Gasteiger partial charge on any atom is -0.388 e. The van der Waals surface area contributed by atoms with Crippen molar-refractivity contribution in [1.29, 1.82) is 0 Å². The van der Waals surface area contributed by atoms with Crippen LogP contribution in [-0.4, -0.2) is 33.1 Å². The van der Waals surface area contributed by atoms with Crippen LogP contribution in [0.25, 0.3) is 5.69 Å². The number of carbonyl (C=O) groups is 1. The van der Waals surface area contributed by atoms with Crippen molar-refractivity contribution >= 4 is 6.03 Å². The van der Waals surface area contributed by atoms with E-state index in [9.17, 15) is 9.90 Å². The van der Waals surface area contributed by atoms with Crippen molar-refractivity contribution in [3.05, 3.63) is 48.3 Å². The average Bonchev–Trinajstić information content (AvgIpc) is 3.14. The van der Waals surface area contributed by atoms with Crippen LogP contribution in [0.15, 0.2) is 42.7 Å². The van der Waals surface area contributed by atoms with Gasteiger partial charge in [0.1, 0.15) is 0 Å². The fraction of sp³-hybridized carbons (Fsp3) is 0.444. The minimum atomic E-state index is -0.854. The molecule has 0 radical (unpaired) electrons. The first-order chi connectivity index (χ1) is 11.5. The molecule has 0 saturated heterocycles. The number of para-hydroxylation sites is 1. The maximum absolute atomic E-state index is 12.1. The highest BCUT2D eigenvalue weighted by molar-refractivity contribution is 5.74. The molecule has 0 saturated carbocycles. The zero-order valence-electron chi connectivity index (χ0n) is 14.5. The summed E-state index contributed by atoms with van der Waals surface area (Å²) in [5, 5.41) is 20.2. The molecule has 24 heavy (non-hydrogen) atoms. The number of hydrogen-bond donors (Lipinski definition) is 3. The molecule has 1 unspecified atom stereocenters. The van der Waals surface area contributed by atoms with Crippen molar-refractivity contribution in [2.45, 2.75) is 45.3 Å². The van der Waals surface area contributed by atoms with Crippen LogP contribution in [0.5, 0.6) is 0 Å².